The molecule has 2 aromatic rings. The van der Waals surface area contributed by atoms with Gasteiger partial charge in [-0.1, -0.05) is 18.2 Å². The average molecular weight is 444 g/mol. The van der Waals surface area contributed by atoms with E-state index in [9.17, 15) is 18.0 Å². The van der Waals surface area contributed by atoms with Gasteiger partial charge in [0, 0.05) is 31.7 Å². The van der Waals surface area contributed by atoms with Crippen LogP contribution in [0.5, 0.6) is 0 Å². The summed E-state index contributed by atoms with van der Waals surface area (Å²) in [5, 5.41) is 2.81. The van der Waals surface area contributed by atoms with Crippen LogP contribution in [-0.2, 0) is 19.6 Å². The SMILES string of the molecule is O=C(Nc1ccccc1N1CCCC1=O)c1cccc(S(=O)(=O)NC[C@H]2CCCO2)c1. The lowest BCUT2D eigenvalue weighted by atomic mass is 10.2. The Balaban J connectivity index is 1.49. The van der Waals surface area contributed by atoms with Crippen LogP contribution >= 0.6 is 0 Å². The van der Waals surface area contributed by atoms with Crippen LogP contribution in [0.2, 0.25) is 0 Å². The number of hydrogen-bond donors (Lipinski definition) is 2. The molecule has 2 N–H and O–H groups in total. The summed E-state index contributed by atoms with van der Waals surface area (Å²) in [6.07, 6.45) is 2.89. The molecule has 0 spiro atoms. The van der Waals surface area contributed by atoms with Gasteiger partial charge in [-0.2, -0.15) is 0 Å². The topological polar surface area (TPSA) is 105 Å². The van der Waals surface area contributed by atoms with Gasteiger partial charge in [0.2, 0.25) is 15.9 Å². The molecule has 0 saturated carbocycles. The predicted molar refractivity (Wildman–Crippen MR) is 117 cm³/mol. The number of sulfonamides is 1. The van der Waals surface area contributed by atoms with E-state index in [1.54, 1.807) is 29.2 Å². The number of para-hydroxylation sites is 2. The molecular formula is C22H25N3O5S. The van der Waals surface area contributed by atoms with Gasteiger partial charge >= 0.3 is 0 Å². The third kappa shape index (κ3) is 4.95. The van der Waals surface area contributed by atoms with Crippen molar-refractivity contribution in [2.75, 3.05) is 29.9 Å². The highest BCUT2D eigenvalue weighted by molar-refractivity contribution is 7.89. The lowest BCUT2D eigenvalue weighted by Gasteiger charge is -2.20. The van der Waals surface area contributed by atoms with Crippen molar-refractivity contribution in [2.45, 2.75) is 36.7 Å². The zero-order valence-electron chi connectivity index (χ0n) is 17.0. The largest absolute Gasteiger partial charge is 0.377 e. The summed E-state index contributed by atoms with van der Waals surface area (Å²) in [6, 6.07) is 13.0. The van der Waals surface area contributed by atoms with E-state index in [0.717, 1.165) is 19.3 Å². The Bertz CT molecular complexity index is 1080. The highest BCUT2D eigenvalue weighted by Gasteiger charge is 2.25. The van der Waals surface area contributed by atoms with E-state index in [2.05, 4.69) is 10.0 Å². The maximum absolute atomic E-state index is 12.9. The van der Waals surface area contributed by atoms with Crippen molar-refractivity contribution in [3.63, 3.8) is 0 Å². The van der Waals surface area contributed by atoms with Crippen molar-refractivity contribution in [1.29, 1.82) is 0 Å². The molecule has 0 aromatic heterocycles. The number of amides is 2. The second-order valence-electron chi connectivity index (χ2n) is 7.63. The Labute approximate surface area is 181 Å². The van der Waals surface area contributed by atoms with E-state index in [1.807, 2.05) is 6.07 Å². The molecule has 2 aliphatic heterocycles. The first-order chi connectivity index (χ1) is 14.9. The van der Waals surface area contributed by atoms with Crippen molar-refractivity contribution in [3.8, 4) is 0 Å². The van der Waals surface area contributed by atoms with E-state index >= 15 is 0 Å². The third-order valence-electron chi connectivity index (χ3n) is 5.45. The van der Waals surface area contributed by atoms with E-state index in [1.165, 1.54) is 18.2 Å². The van der Waals surface area contributed by atoms with Crippen LogP contribution in [0.4, 0.5) is 11.4 Å². The molecule has 2 fully saturated rings. The Hall–Kier alpha value is -2.75. The van der Waals surface area contributed by atoms with Gasteiger partial charge < -0.3 is 15.0 Å². The monoisotopic (exact) mass is 443 g/mol. The first-order valence-electron chi connectivity index (χ1n) is 10.4. The van der Waals surface area contributed by atoms with Crippen LogP contribution in [0.1, 0.15) is 36.0 Å². The van der Waals surface area contributed by atoms with E-state index in [4.69, 9.17) is 4.74 Å². The summed E-state index contributed by atoms with van der Waals surface area (Å²) in [6.45, 7) is 1.46. The van der Waals surface area contributed by atoms with Gasteiger partial charge in [0.1, 0.15) is 0 Å². The molecule has 0 unspecified atom stereocenters. The summed E-state index contributed by atoms with van der Waals surface area (Å²) in [4.78, 5) is 26.7. The molecule has 8 nitrogen and oxygen atoms in total. The number of carbonyl (C=O) groups excluding carboxylic acids is 2. The van der Waals surface area contributed by atoms with Gasteiger partial charge in [-0.25, -0.2) is 13.1 Å². The molecule has 0 aliphatic carbocycles. The number of hydrogen-bond acceptors (Lipinski definition) is 5. The van der Waals surface area contributed by atoms with Gasteiger partial charge in [0.15, 0.2) is 0 Å². The van der Waals surface area contributed by atoms with Crippen molar-refractivity contribution >= 4 is 33.2 Å². The quantitative estimate of drug-likeness (QED) is 0.684. The number of nitrogens with one attached hydrogen (secondary N) is 2. The molecule has 4 rings (SSSR count). The number of benzene rings is 2. The smallest absolute Gasteiger partial charge is 0.255 e. The van der Waals surface area contributed by atoms with Gasteiger partial charge in [-0.3, -0.25) is 9.59 Å². The van der Waals surface area contributed by atoms with Crippen LogP contribution in [-0.4, -0.2) is 46.0 Å². The maximum Gasteiger partial charge on any atom is 0.255 e. The maximum atomic E-state index is 12.9. The zero-order valence-corrected chi connectivity index (χ0v) is 17.9. The Kier molecular flexibility index (Phi) is 6.35. The fourth-order valence-electron chi connectivity index (χ4n) is 3.81. The summed E-state index contributed by atoms with van der Waals surface area (Å²) in [5.41, 5.74) is 1.36. The van der Waals surface area contributed by atoms with Crippen LogP contribution in [0.15, 0.2) is 53.4 Å². The molecule has 9 heteroatoms. The van der Waals surface area contributed by atoms with E-state index in [0.29, 0.717) is 30.9 Å². The van der Waals surface area contributed by atoms with Crippen molar-refractivity contribution < 1.29 is 22.7 Å². The average Bonchev–Trinajstić information content (AvgIpc) is 3.44. The standard InChI is InChI=1S/C22H25N3O5S/c26-21-11-4-12-25(21)20-10-2-1-9-19(20)24-22(27)16-6-3-8-18(14-16)31(28,29)23-15-17-7-5-13-30-17/h1-3,6,8-10,14,17,23H,4-5,7,11-13,15H2,(H,24,27)/t17-/m1/s1. The fraction of sp³-hybridized carbons (Fsp3) is 0.364. The molecule has 2 saturated heterocycles. The van der Waals surface area contributed by atoms with Crippen LogP contribution in [0.3, 0.4) is 0 Å². The first-order valence-corrected chi connectivity index (χ1v) is 11.8. The Morgan fingerprint density at radius 3 is 2.71 bits per heavy atom. The van der Waals surface area contributed by atoms with Crippen LogP contribution < -0.4 is 14.9 Å². The minimum Gasteiger partial charge on any atom is -0.377 e. The molecule has 31 heavy (non-hydrogen) atoms. The summed E-state index contributed by atoms with van der Waals surface area (Å²) in [7, 11) is -3.77. The number of rotatable bonds is 7. The lowest BCUT2D eigenvalue weighted by Crippen LogP contribution is -2.32. The van der Waals surface area contributed by atoms with Gasteiger partial charge in [0.05, 0.1) is 22.4 Å². The van der Waals surface area contributed by atoms with Gasteiger partial charge in [-0.15, -0.1) is 0 Å². The van der Waals surface area contributed by atoms with E-state index in [-0.39, 0.29) is 29.0 Å². The van der Waals surface area contributed by atoms with Gasteiger partial charge in [-0.05, 0) is 49.6 Å². The number of carbonyl (C=O) groups is 2. The highest BCUT2D eigenvalue weighted by Crippen LogP contribution is 2.29. The van der Waals surface area contributed by atoms with Crippen LogP contribution in [0, 0.1) is 0 Å². The zero-order chi connectivity index (χ0) is 21.8. The lowest BCUT2D eigenvalue weighted by molar-refractivity contribution is -0.117. The summed E-state index contributed by atoms with van der Waals surface area (Å²) in [5.74, 6) is -0.428. The highest BCUT2D eigenvalue weighted by atomic mass is 32.2. The second kappa shape index (κ2) is 9.17. The minimum atomic E-state index is -3.77. The second-order valence-corrected chi connectivity index (χ2v) is 9.40. The normalized spacial score (nSPS) is 19.0. The van der Waals surface area contributed by atoms with E-state index < -0.39 is 15.9 Å². The molecule has 164 valence electrons. The Morgan fingerprint density at radius 1 is 1.13 bits per heavy atom. The number of ether oxygens (including phenoxy) is 1. The van der Waals surface area contributed by atoms with Crippen LogP contribution in [0.25, 0.3) is 0 Å². The molecule has 2 amide bonds. The predicted octanol–water partition coefficient (Wildman–Crippen LogP) is 2.52. The number of anilines is 2. The van der Waals surface area contributed by atoms with Gasteiger partial charge in [0.25, 0.3) is 5.91 Å². The van der Waals surface area contributed by atoms with Crippen molar-refractivity contribution in [1.82, 2.24) is 4.72 Å². The molecule has 2 aliphatic rings. The molecule has 0 radical (unpaired) electrons. The molecule has 0 bridgehead atoms. The Morgan fingerprint density at radius 2 is 1.97 bits per heavy atom. The summed E-state index contributed by atoms with van der Waals surface area (Å²) >= 11 is 0. The minimum absolute atomic E-state index is 0.0150. The third-order valence-corrected chi connectivity index (χ3v) is 6.87. The van der Waals surface area contributed by atoms with Crippen molar-refractivity contribution in [2.24, 2.45) is 0 Å². The van der Waals surface area contributed by atoms with Crippen molar-refractivity contribution in [3.05, 3.63) is 54.1 Å². The molecule has 2 aromatic carbocycles. The fourth-order valence-corrected chi connectivity index (χ4v) is 4.92. The first kappa shape index (κ1) is 21.5. The molecule has 2 heterocycles. The molecular weight excluding hydrogens is 418 g/mol. The summed E-state index contributed by atoms with van der Waals surface area (Å²) < 4.78 is 33.3. The number of nitrogens with zero attached hydrogens (tertiary/aromatic N) is 1. The molecule has 1 atom stereocenters.